The molecular weight excluding hydrogens is 460 g/mol. The Kier molecular flexibility index (Phi) is 8.10. The Morgan fingerprint density at radius 3 is 2.12 bits per heavy atom. The molecule has 0 bridgehead atoms. The zero-order chi connectivity index (χ0) is 24.7. The highest BCUT2D eigenvalue weighted by Crippen LogP contribution is 2.38. The van der Waals surface area contributed by atoms with Crippen LogP contribution in [0.15, 0.2) is 59.7 Å². The Labute approximate surface area is 202 Å². The Morgan fingerprint density at radius 1 is 0.912 bits per heavy atom. The van der Waals surface area contributed by atoms with Crippen LogP contribution in [0.4, 0.5) is 0 Å². The van der Waals surface area contributed by atoms with E-state index in [0.29, 0.717) is 39.1 Å². The van der Waals surface area contributed by atoms with E-state index in [-0.39, 0.29) is 5.56 Å². The van der Waals surface area contributed by atoms with Gasteiger partial charge >= 0.3 is 5.97 Å². The van der Waals surface area contributed by atoms with Crippen molar-refractivity contribution in [3.8, 4) is 23.0 Å². The highest BCUT2D eigenvalue weighted by molar-refractivity contribution is 6.33. The number of methoxy groups -OCH3 is 3. The molecule has 8 nitrogen and oxygen atoms in total. The summed E-state index contributed by atoms with van der Waals surface area (Å²) in [4.78, 5) is 24.8. The van der Waals surface area contributed by atoms with Crippen molar-refractivity contribution in [1.29, 1.82) is 0 Å². The number of esters is 1. The second kappa shape index (κ2) is 11.2. The second-order valence-corrected chi connectivity index (χ2v) is 7.46. The maximum absolute atomic E-state index is 12.6. The van der Waals surface area contributed by atoms with Gasteiger partial charge in [-0.2, -0.15) is 5.10 Å². The van der Waals surface area contributed by atoms with Crippen molar-refractivity contribution in [2.24, 2.45) is 5.10 Å². The third-order valence-electron chi connectivity index (χ3n) is 4.74. The lowest BCUT2D eigenvalue weighted by atomic mass is 10.1. The molecule has 0 unspecified atom stereocenters. The van der Waals surface area contributed by atoms with Gasteiger partial charge < -0.3 is 18.9 Å². The van der Waals surface area contributed by atoms with Gasteiger partial charge in [0.2, 0.25) is 5.75 Å². The first-order valence-corrected chi connectivity index (χ1v) is 10.5. The van der Waals surface area contributed by atoms with Crippen LogP contribution in [0.25, 0.3) is 0 Å². The number of carbonyl (C=O) groups excluding carboxylic acids is 2. The average molecular weight is 483 g/mol. The van der Waals surface area contributed by atoms with Gasteiger partial charge in [-0.15, -0.1) is 0 Å². The summed E-state index contributed by atoms with van der Waals surface area (Å²) in [5.41, 5.74) is 4.64. The zero-order valence-electron chi connectivity index (χ0n) is 19.0. The Hall–Kier alpha value is -4.04. The van der Waals surface area contributed by atoms with Crippen molar-refractivity contribution in [2.45, 2.75) is 6.92 Å². The normalized spacial score (nSPS) is 10.6. The van der Waals surface area contributed by atoms with Crippen LogP contribution < -0.4 is 24.4 Å². The number of carbonyl (C=O) groups is 2. The van der Waals surface area contributed by atoms with E-state index in [1.807, 2.05) is 6.92 Å². The summed E-state index contributed by atoms with van der Waals surface area (Å²) < 4.78 is 21.2. The number of ether oxygens (including phenoxy) is 4. The van der Waals surface area contributed by atoms with Crippen LogP contribution in [0.3, 0.4) is 0 Å². The lowest BCUT2D eigenvalue weighted by Gasteiger charge is -2.13. The van der Waals surface area contributed by atoms with Crippen LogP contribution in [0, 0.1) is 6.92 Å². The molecular formula is C25H23ClN2O6. The molecule has 1 amide bonds. The van der Waals surface area contributed by atoms with Gasteiger partial charge in [0, 0.05) is 0 Å². The van der Waals surface area contributed by atoms with Crippen molar-refractivity contribution < 1.29 is 28.5 Å². The first-order valence-electron chi connectivity index (χ1n) is 10.1. The van der Waals surface area contributed by atoms with Crippen LogP contribution in [0.5, 0.6) is 23.0 Å². The number of benzene rings is 3. The summed E-state index contributed by atoms with van der Waals surface area (Å²) >= 11 is 6.10. The lowest BCUT2D eigenvalue weighted by Crippen LogP contribution is -2.18. The van der Waals surface area contributed by atoms with Gasteiger partial charge in [0.15, 0.2) is 11.5 Å². The van der Waals surface area contributed by atoms with Crippen LogP contribution in [0.2, 0.25) is 5.02 Å². The number of hydrazone groups is 1. The molecule has 0 aliphatic heterocycles. The quantitative estimate of drug-likeness (QED) is 0.217. The maximum Gasteiger partial charge on any atom is 0.343 e. The smallest absolute Gasteiger partial charge is 0.343 e. The molecule has 0 heterocycles. The molecule has 3 rings (SSSR count). The third-order valence-corrected chi connectivity index (χ3v) is 5.05. The number of aryl methyl sites for hydroxylation is 1. The van der Waals surface area contributed by atoms with Gasteiger partial charge in [-0.05, 0) is 66.6 Å². The summed E-state index contributed by atoms with van der Waals surface area (Å²) in [6.07, 6.45) is 1.46. The van der Waals surface area contributed by atoms with E-state index in [1.54, 1.807) is 42.5 Å². The monoisotopic (exact) mass is 482 g/mol. The topological polar surface area (TPSA) is 95.5 Å². The molecule has 0 saturated carbocycles. The van der Waals surface area contributed by atoms with Crippen LogP contribution in [-0.4, -0.2) is 39.4 Å². The summed E-state index contributed by atoms with van der Waals surface area (Å²) in [5.74, 6) is 0.372. The van der Waals surface area contributed by atoms with Crippen molar-refractivity contribution in [3.05, 3.63) is 81.9 Å². The lowest BCUT2D eigenvalue weighted by molar-refractivity contribution is 0.0733. The summed E-state index contributed by atoms with van der Waals surface area (Å²) in [6.45, 7) is 1.89. The van der Waals surface area contributed by atoms with Gasteiger partial charge in [0.05, 0.1) is 43.7 Å². The Balaban J connectivity index is 1.64. The van der Waals surface area contributed by atoms with Crippen LogP contribution >= 0.6 is 11.6 Å². The number of hydrogen-bond acceptors (Lipinski definition) is 7. The predicted octanol–water partition coefficient (Wildman–Crippen LogP) is 4.66. The first kappa shape index (κ1) is 24.6. The van der Waals surface area contributed by atoms with Crippen molar-refractivity contribution >= 4 is 29.7 Å². The van der Waals surface area contributed by atoms with E-state index in [2.05, 4.69) is 10.5 Å². The van der Waals surface area contributed by atoms with Crippen LogP contribution in [0.1, 0.15) is 31.8 Å². The van der Waals surface area contributed by atoms with Crippen molar-refractivity contribution in [3.63, 3.8) is 0 Å². The van der Waals surface area contributed by atoms with Crippen LogP contribution in [-0.2, 0) is 0 Å². The van der Waals surface area contributed by atoms with Gasteiger partial charge in [0.25, 0.3) is 5.91 Å². The minimum absolute atomic E-state index is 0.234. The molecule has 3 aromatic rings. The van der Waals surface area contributed by atoms with Gasteiger partial charge in [-0.1, -0.05) is 17.7 Å². The Bertz CT molecular complexity index is 1200. The zero-order valence-corrected chi connectivity index (χ0v) is 19.8. The van der Waals surface area contributed by atoms with Crippen molar-refractivity contribution in [2.75, 3.05) is 21.3 Å². The molecule has 0 radical (unpaired) electrons. The number of amides is 1. The van der Waals surface area contributed by atoms with E-state index < -0.39 is 11.9 Å². The molecule has 0 spiro atoms. The molecule has 0 fully saturated rings. The molecule has 3 aromatic carbocycles. The molecule has 0 aromatic heterocycles. The fraction of sp³-hybridized carbons (Fsp3) is 0.160. The maximum atomic E-state index is 12.6. The number of nitrogens with zero attached hydrogens (tertiary/aromatic N) is 1. The fourth-order valence-electron chi connectivity index (χ4n) is 3.02. The first-order chi connectivity index (χ1) is 16.4. The third kappa shape index (κ3) is 5.85. The summed E-state index contributed by atoms with van der Waals surface area (Å²) in [7, 11) is 4.40. The SMILES string of the molecule is COc1cc(C(=O)Oc2ccc(/C=N/NC(=O)c3ccc(C)cc3Cl)cc2)cc(OC)c1OC. The molecule has 9 heteroatoms. The van der Waals surface area contributed by atoms with E-state index in [0.717, 1.165) is 5.56 Å². The van der Waals surface area contributed by atoms with Gasteiger partial charge in [-0.3, -0.25) is 4.79 Å². The predicted molar refractivity (Wildman–Crippen MR) is 129 cm³/mol. The molecule has 0 saturated heterocycles. The number of hydrogen-bond donors (Lipinski definition) is 1. The molecule has 0 atom stereocenters. The van der Waals surface area contributed by atoms with Gasteiger partial charge in [0.1, 0.15) is 5.75 Å². The molecule has 176 valence electrons. The number of halogens is 1. The van der Waals surface area contributed by atoms with E-state index in [1.165, 1.54) is 39.7 Å². The molecule has 0 aliphatic rings. The van der Waals surface area contributed by atoms with E-state index in [9.17, 15) is 9.59 Å². The molecule has 34 heavy (non-hydrogen) atoms. The number of nitrogens with one attached hydrogen (secondary N) is 1. The largest absolute Gasteiger partial charge is 0.493 e. The van der Waals surface area contributed by atoms with E-state index in [4.69, 9.17) is 30.5 Å². The standard InChI is InChI=1S/C25H23ClN2O6/c1-15-5-10-19(20(26)11-15)24(29)28-27-14-16-6-8-18(9-7-16)34-25(30)17-12-21(31-2)23(33-4)22(13-17)32-3/h5-14H,1-4H3,(H,28,29)/b27-14+. The second-order valence-electron chi connectivity index (χ2n) is 7.05. The molecule has 0 aliphatic carbocycles. The molecule has 1 N–H and O–H groups in total. The summed E-state index contributed by atoms with van der Waals surface area (Å²) in [5, 5.41) is 4.30. The minimum Gasteiger partial charge on any atom is -0.493 e. The minimum atomic E-state index is -0.595. The Morgan fingerprint density at radius 2 is 1.56 bits per heavy atom. The van der Waals surface area contributed by atoms with E-state index >= 15 is 0 Å². The highest BCUT2D eigenvalue weighted by Gasteiger charge is 2.18. The number of rotatable bonds is 8. The average Bonchev–Trinajstić information content (AvgIpc) is 2.83. The highest BCUT2D eigenvalue weighted by atomic mass is 35.5. The summed E-state index contributed by atoms with van der Waals surface area (Å²) in [6, 6.07) is 14.7. The fourth-order valence-corrected chi connectivity index (χ4v) is 3.34. The van der Waals surface area contributed by atoms with Crippen molar-refractivity contribution in [1.82, 2.24) is 5.43 Å². The van der Waals surface area contributed by atoms with Gasteiger partial charge in [-0.25, -0.2) is 10.2 Å².